The van der Waals surface area contributed by atoms with E-state index < -0.39 is 0 Å². The molecule has 5 nitrogen and oxygen atoms in total. The van der Waals surface area contributed by atoms with Gasteiger partial charge in [-0.1, -0.05) is 42.5 Å². The number of hydrogen-bond acceptors (Lipinski definition) is 4. The van der Waals surface area contributed by atoms with Crippen molar-refractivity contribution in [3.8, 4) is 5.75 Å². The zero-order chi connectivity index (χ0) is 22.9. The number of anilines is 1. The summed E-state index contributed by atoms with van der Waals surface area (Å²) in [5.41, 5.74) is 4.21. The Kier molecular flexibility index (Phi) is 5.42. The average Bonchev–Trinajstić information content (AvgIpc) is 3.35. The molecule has 0 spiro atoms. The van der Waals surface area contributed by atoms with E-state index in [0.717, 1.165) is 17.7 Å². The summed E-state index contributed by atoms with van der Waals surface area (Å²) < 4.78 is 18.9. The first-order valence-corrected chi connectivity index (χ1v) is 11.0. The van der Waals surface area contributed by atoms with Crippen LogP contribution in [0.3, 0.4) is 0 Å². The molecule has 0 radical (unpaired) electrons. The van der Waals surface area contributed by atoms with Crippen LogP contribution in [-0.4, -0.2) is 29.9 Å². The van der Waals surface area contributed by atoms with Crippen LogP contribution in [0.5, 0.6) is 5.75 Å². The van der Waals surface area contributed by atoms with Crippen LogP contribution in [-0.2, 0) is 22.6 Å². The number of imide groups is 1. The van der Waals surface area contributed by atoms with E-state index in [2.05, 4.69) is 0 Å². The van der Waals surface area contributed by atoms with Gasteiger partial charge in [0.15, 0.2) is 0 Å². The highest BCUT2D eigenvalue weighted by Crippen LogP contribution is 2.39. The van der Waals surface area contributed by atoms with Crippen molar-refractivity contribution in [3.63, 3.8) is 0 Å². The molecule has 0 saturated heterocycles. The van der Waals surface area contributed by atoms with Crippen molar-refractivity contribution in [3.05, 3.63) is 101 Å². The van der Waals surface area contributed by atoms with Gasteiger partial charge in [0.2, 0.25) is 0 Å². The number of para-hydroxylation sites is 1. The predicted octanol–water partition coefficient (Wildman–Crippen LogP) is 4.57. The smallest absolute Gasteiger partial charge is 0.278 e. The number of nitrogens with zero attached hydrogens (tertiary/aromatic N) is 2. The minimum atomic E-state index is -0.361. The van der Waals surface area contributed by atoms with Gasteiger partial charge in [-0.3, -0.25) is 14.5 Å². The van der Waals surface area contributed by atoms with Gasteiger partial charge in [0.25, 0.3) is 11.8 Å². The number of carbonyl (C=O) groups is 2. The van der Waals surface area contributed by atoms with E-state index in [4.69, 9.17) is 4.74 Å². The Morgan fingerprint density at radius 3 is 2.36 bits per heavy atom. The molecule has 0 N–H and O–H groups in total. The summed E-state index contributed by atoms with van der Waals surface area (Å²) in [5.74, 6) is -0.354. The molecule has 2 heterocycles. The van der Waals surface area contributed by atoms with Gasteiger partial charge in [0, 0.05) is 12.2 Å². The number of ether oxygens (including phenoxy) is 1. The molecule has 2 amide bonds. The molecule has 0 unspecified atom stereocenters. The Bertz CT molecular complexity index is 1250. The number of rotatable bonds is 6. The maximum absolute atomic E-state index is 13.6. The number of carbonyl (C=O) groups excluding carboxylic acids is 2. The van der Waals surface area contributed by atoms with E-state index in [1.54, 1.807) is 12.1 Å². The molecule has 3 aromatic rings. The largest absolute Gasteiger partial charge is 0.494 e. The predicted molar refractivity (Wildman–Crippen MR) is 124 cm³/mol. The van der Waals surface area contributed by atoms with E-state index in [1.807, 2.05) is 60.4 Å². The zero-order valence-corrected chi connectivity index (χ0v) is 18.3. The maximum atomic E-state index is 13.6. The van der Waals surface area contributed by atoms with E-state index in [9.17, 15) is 14.0 Å². The van der Waals surface area contributed by atoms with E-state index in [1.165, 1.54) is 17.0 Å². The minimum absolute atomic E-state index is 0.0808. The fraction of sp³-hybridized carbons (Fsp3) is 0.185. The molecule has 0 fully saturated rings. The molecular formula is C27H23FN2O3. The van der Waals surface area contributed by atoms with E-state index in [-0.39, 0.29) is 24.2 Å². The normalized spacial score (nSPS) is 15.5. The standard InChI is InChI=1S/C27H23FN2O3/c1-2-33-22-13-9-20(10-14-22)24-25(29-16-15-19-5-3-4-6-23(19)29)27(32)30(26(24)31)17-18-7-11-21(28)12-8-18/h3-14H,2,15-17H2,1H3. The van der Waals surface area contributed by atoms with E-state index in [0.29, 0.717) is 41.3 Å². The van der Waals surface area contributed by atoms with Crippen LogP contribution in [0.25, 0.3) is 5.57 Å². The second-order valence-corrected chi connectivity index (χ2v) is 8.03. The monoisotopic (exact) mass is 442 g/mol. The van der Waals surface area contributed by atoms with Crippen LogP contribution in [0.4, 0.5) is 10.1 Å². The van der Waals surface area contributed by atoms with Crippen LogP contribution >= 0.6 is 0 Å². The maximum Gasteiger partial charge on any atom is 0.278 e. The molecule has 0 bridgehead atoms. The SMILES string of the molecule is CCOc1ccc(C2=C(N3CCc4ccccc43)C(=O)N(Cc3ccc(F)cc3)C2=O)cc1. The van der Waals surface area contributed by atoms with Crippen LogP contribution in [0.15, 0.2) is 78.5 Å². The van der Waals surface area contributed by atoms with Crippen molar-refractivity contribution in [2.24, 2.45) is 0 Å². The highest BCUT2D eigenvalue weighted by Gasteiger charge is 2.43. The molecule has 6 heteroatoms. The molecule has 0 aromatic heterocycles. The van der Waals surface area contributed by atoms with Gasteiger partial charge in [0.1, 0.15) is 17.3 Å². The van der Waals surface area contributed by atoms with Gasteiger partial charge >= 0.3 is 0 Å². The quantitative estimate of drug-likeness (QED) is 0.525. The summed E-state index contributed by atoms with van der Waals surface area (Å²) in [6, 6.07) is 21.0. The fourth-order valence-electron chi connectivity index (χ4n) is 4.44. The van der Waals surface area contributed by atoms with Crippen molar-refractivity contribution in [2.45, 2.75) is 19.9 Å². The number of hydrogen-bond donors (Lipinski definition) is 0. The molecule has 2 aliphatic rings. The van der Waals surface area contributed by atoms with Gasteiger partial charge in [0.05, 0.1) is 18.7 Å². The Hall–Kier alpha value is -3.93. The lowest BCUT2D eigenvalue weighted by Gasteiger charge is -2.22. The minimum Gasteiger partial charge on any atom is -0.494 e. The Labute approximate surface area is 191 Å². The summed E-state index contributed by atoms with van der Waals surface area (Å²) in [7, 11) is 0. The Morgan fingerprint density at radius 2 is 1.64 bits per heavy atom. The average molecular weight is 442 g/mol. The lowest BCUT2D eigenvalue weighted by molar-refractivity contribution is -0.137. The Balaban J connectivity index is 1.57. The van der Waals surface area contributed by atoms with Gasteiger partial charge in [-0.15, -0.1) is 0 Å². The fourth-order valence-corrected chi connectivity index (χ4v) is 4.44. The molecule has 0 saturated carbocycles. The number of amides is 2. The number of benzene rings is 3. The summed E-state index contributed by atoms with van der Waals surface area (Å²) in [5, 5.41) is 0. The highest BCUT2D eigenvalue weighted by molar-refractivity contribution is 6.36. The van der Waals surface area contributed by atoms with E-state index >= 15 is 0 Å². The summed E-state index contributed by atoms with van der Waals surface area (Å²) >= 11 is 0. The third-order valence-corrected chi connectivity index (χ3v) is 6.01. The number of fused-ring (bicyclic) bond motifs is 1. The topological polar surface area (TPSA) is 49.9 Å². The van der Waals surface area contributed by atoms with Gasteiger partial charge in [-0.2, -0.15) is 0 Å². The molecule has 2 aliphatic heterocycles. The molecule has 5 rings (SSSR count). The second kappa shape index (κ2) is 8.54. The van der Waals surface area contributed by atoms with Gasteiger partial charge in [-0.25, -0.2) is 4.39 Å². The summed E-state index contributed by atoms with van der Waals surface area (Å²) in [6.07, 6.45) is 0.801. The highest BCUT2D eigenvalue weighted by atomic mass is 19.1. The van der Waals surface area contributed by atoms with Crippen LogP contribution in [0.1, 0.15) is 23.6 Å². The third-order valence-electron chi connectivity index (χ3n) is 6.01. The van der Waals surface area contributed by atoms with Crippen molar-refractivity contribution in [1.82, 2.24) is 4.90 Å². The van der Waals surface area contributed by atoms with Crippen molar-refractivity contribution in [1.29, 1.82) is 0 Å². The Morgan fingerprint density at radius 1 is 0.909 bits per heavy atom. The molecule has 3 aromatic carbocycles. The van der Waals surface area contributed by atoms with Crippen molar-refractivity contribution < 1.29 is 18.7 Å². The van der Waals surface area contributed by atoms with Gasteiger partial charge in [-0.05, 0) is 60.4 Å². The van der Waals surface area contributed by atoms with Crippen molar-refractivity contribution in [2.75, 3.05) is 18.1 Å². The lowest BCUT2D eigenvalue weighted by Crippen LogP contribution is -2.34. The molecule has 33 heavy (non-hydrogen) atoms. The molecule has 0 aliphatic carbocycles. The zero-order valence-electron chi connectivity index (χ0n) is 18.3. The molecule has 166 valence electrons. The first-order chi connectivity index (χ1) is 16.1. The first-order valence-electron chi connectivity index (χ1n) is 11.0. The second-order valence-electron chi connectivity index (χ2n) is 8.03. The van der Waals surface area contributed by atoms with Crippen molar-refractivity contribution >= 4 is 23.1 Å². The summed E-state index contributed by atoms with van der Waals surface area (Å²) in [6.45, 7) is 3.16. The lowest BCUT2D eigenvalue weighted by atomic mass is 10.0. The van der Waals surface area contributed by atoms with Gasteiger partial charge < -0.3 is 9.64 Å². The summed E-state index contributed by atoms with van der Waals surface area (Å²) in [4.78, 5) is 30.4. The first kappa shape index (κ1) is 20.9. The molecular weight excluding hydrogens is 419 g/mol. The number of halogens is 1. The van der Waals surface area contributed by atoms with Crippen LogP contribution in [0, 0.1) is 5.82 Å². The van der Waals surface area contributed by atoms with Crippen LogP contribution in [0.2, 0.25) is 0 Å². The third kappa shape index (κ3) is 3.78. The molecule has 0 atom stereocenters. The van der Waals surface area contributed by atoms with Crippen LogP contribution < -0.4 is 9.64 Å².